The van der Waals surface area contributed by atoms with Crippen molar-refractivity contribution in [3.63, 3.8) is 0 Å². The van der Waals surface area contributed by atoms with Gasteiger partial charge in [0.1, 0.15) is 5.75 Å². The molecule has 0 fully saturated rings. The quantitative estimate of drug-likeness (QED) is 0.940. The van der Waals surface area contributed by atoms with E-state index in [1.54, 1.807) is 24.1 Å². The number of para-hydroxylation sites is 2. The molecule has 2 amide bonds. The minimum atomic E-state index is -0.580. The minimum Gasteiger partial charge on any atom is -0.478 e. The standard InChI is InChI=1S/C19H20N2O3/c1-13-7-9-14(10-8-13)18(22)20-12-11-17-19(23)21(2)15-5-3-4-6-16(15)24-17/h3-10,17H,11-12H2,1-2H3,(H,20,22). The van der Waals surface area contributed by atoms with Gasteiger partial charge >= 0.3 is 0 Å². The number of aryl methyl sites for hydroxylation is 1. The van der Waals surface area contributed by atoms with Crippen LogP contribution in [0.2, 0.25) is 0 Å². The van der Waals surface area contributed by atoms with Crippen molar-refractivity contribution in [2.75, 3.05) is 18.5 Å². The molecule has 1 aliphatic rings. The zero-order valence-corrected chi connectivity index (χ0v) is 13.8. The highest BCUT2D eigenvalue weighted by Crippen LogP contribution is 2.33. The summed E-state index contributed by atoms with van der Waals surface area (Å²) in [7, 11) is 1.74. The topological polar surface area (TPSA) is 58.6 Å². The Morgan fingerprint density at radius 3 is 2.62 bits per heavy atom. The number of amides is 2. The Kier molecular flexibility index (Phi) is 4.51. The van der Waals surface area contributed by atoms with Gasteiger partial charge in [-0.2, -0.15) is 0 Å². The number of anilines is 1. The van der Waals surface area contributed by atoms with E-state index in [-0.39, 0.29) is 11.8 Å². The molecule has 0 aliphatic carbocycles. The minimum absolute atomic E-state index is 0.0988. The zero-order chi connectivity index (χ0) is 17.1. The van der Waals surface area contributed by atoms with Crippen LogP contribution < -0.4 is 15.0 Å². The molecule has 24 heavy (non-hydrogen) atoms. The van der Waals surface area contributed by atoms with Gasteiger partial charge in [0.05, 0.1) is 5.69 Å². The van der Waals surface area contributed by atoms with Crippen molar-refractivity contribution in [3.05, 3.63) is 59.7 Å². The fourth-order valence-corrected chi connectivity index (χ4v) is 2.68. The van der Waals surface area contributed by atoms with Crippen molar-refractivity contribution in [3.8, 4) is 5.75 Å². The molecule has 1 heterocycles. The first-order valence-electron chi connectivity index (χ1n) is 7.94. The molecule has 124 valence electrons. The van der Waals surface area contributed by atoms with Crippen LogP contribution in [0.4, 0.5) is 5.69 Å². The maximum atomic E-state index is 12.4. The summed E-state index contributed by atoms with van der Waals surface area (Å²) in [6.07, 6.45) is -0.155. The van der Waals surface area contributed by atoms with Crippen LogP contribution in [0.5, 0.6) is 5.75 Å². The first-order chi connectivity index (χ1) is 11.6. The summed E-state index contributed by atoms with van der Waals surface area (Å²) in [5.74, 6) is 0.444. The number of hydrogen-bond acceptors (Lipinski definition) is 3. The largest absolute Gasteiger partial charge is 0.478 e. The molecular weight excluding hydrogens is 304 g/mol. The monoisotopic (exact) mass is 324 g/mol. The highest BCUT2D eigenvalue weighted by molar-refractivity contribution is 5.99. The lowest BCUT2D eigenvalue weighted by Crippen LogP contribution is -2.45. The van der Waals surface area contributed by atoms with Crippen LogP contribution in [-0.4, -0.2) is 31.5 Å². The molecule has 1 aliphatic heterocycles. The van der Waals surface area contributed by atoms with E-state index in [4.69, 9.17) is 4.74 Å². The van der Waals surface area contributed by atoms with Gasteiger partial charge in [-0.15, -0.1) is 0 Å². The van der Waals surface area contributed by atoms with Gasteiger partial charge in [-0.1, -0.05) is 29.8 Å². The summed E-state index contributed by atoms with van der Waals surface area (Å²) in [6, 6.07) is 14.8. The van der Waals surface area contributed by atoms with E-state index in [1.807, 2.05) is 43.3 Å². The Hall–Kier alpha value is -2.82. The normalized spacial score (nSPS) is 16.3. The molecule has 0 radical (unpaired) electrons. The van der Waals surface area contributed by atoms with E-state index in [0.29, 0.717) is 24.3 Å². The number of carbonyl (C=O) groups excluding carboxylic acids is 2. The van der Waals surface area contributed by atoms with Crippen molar-refractivity contribution in [1.29, 1.82) is 0 Å². The van der Waals surface area contributed by atoms with Crippen LogP contribution in [0.15, 0.2) is 48.5 Å². The van der Waals surface area contributed by atoms with E-state index in [1.165, 1.54) is 0 Å². The lowest BCUT2D eigenvalue weighted by Gasteiger charge is -2.31. The van der Waals surface area contributed by atoms with Crippen molar-refractivity contribution in [2.45, 2.75) is 19.4 Å². The van der Waals surface area contributed by atoms with Gasteiger partial charge in [0.15, 0.2) is 6.10 Å². The van der Waals surface area contributed by atoms with Crippen LogP contribution in [0.3, 0.4) is 0 Å². The van der Waals surface area contributed by atoms with E-state index in [2.05, 4.69) is 5.32 Å². The van der Waals surface area contributed by atoms with Gasteiger partial charge < -0.3 is 15.0 Å². The van der Waals surface area contributed by atoms with E-state index >= 15 is 0 Å². The maximum Gasteiger partial charge on any atom is 0.267 e. The maximum absolute atomic E-state index is 12.4. The van der Waals surface area contributed by atoms with Crippen LogP contribution in [0.25, 0.3) is 0 Å². The summed E-state index contributed by atoms with van der Waals surface area (Å²) in [6.45, 7) is 2.35. The second-order valence-corrected chi connectivity index (χ2v) is 5.88. The number of carbonyl (C=O) groups is 2. The number of rotatable bonds is 4. The van der Waals surface area contributed by atoms with Gasteiger partial charge in [-0.3, -0.25) is 9.59 Å². The number of nitrogens with zero attached hydrogens (tertiary/aromatic N) is 1. The molecule has 0 saturated heterocycles. The van der Waals surface area contributed by atoms with Crippen LogP contribution in [0, 0.1) is 6.92 Å². The third kappa shape index (κ3) is 3.25. The smallest absolute Gasteiger partial charge is 0.267 e. The van der Waals surface area contributed by atoms with Crippen LogP contribution in [-0.2, 0) is 4.79 Å². The summed E-state index contributed by atoms with van der Waals surface area (Å²) in [5, 5.41) is 2.84. The van der Waals surface area contributed by atoms with Gasteiger partial charge in [-0.05, 0) is 31.2 Å². The molecule has 0 saturated carbocycles. The molecule has 5 heteroatoms. The Morgan fingerprint density at radius 2 is 1.88 bits per heavy atom. The third-order valence-corrected chi connectivity index (χ3v) is 4.11. The molecule has 0 aromatic heterocycles. The number of benzene rings is 2. The molecule has 1 atom stereocenters. The predicted octanol–water partition coefficient (Wildman–Crippen LogP) is 2.54. The molecule has 0 bridgehead atoms. The van der Waals surface area contributed by atoms with E-state index < -0.39 is 6.10 Å². The summed E-state index contributed by atoms with van der Waals surface area (Å²) in [5.41, 5.74) is 2.48. The third-order valence-electron chi connectivity index (χ3n) is 4.11. The van der Waals surface area contributed by atoms with E-state index in [0.717, 1.165) is 11.3 Å². The average Bonchev–Trinajstić information content (AvgIpc) is 2.59. The van der Waals surface area contributed by atoms with Crippen molar-refractivity contribution < 1.29 is 14.3 Å². The lowest BCUT2D eigenvalue weighted by atomic mass is 10.1. The fourth-order valence-electron chi connectivity index (χ4n) is 2.68. The summed E-state index contributed by atoms with van der Waals surface area (Å²) in [4.78, 5) is 26.1. The number of ether oxygens (including phenoxy) is 1. The Balaban J connectivity index is 1.58. The number of nitrogens with one attached hydrogen (secondary N) is 1. The molecule has 0 spiro atoms. The molecule has 2 aromatic carbocycles. The highest BCUT2D eigenvalue weighted by atomic mass is 16.5. The second kappa shape index (κ2) is 6.74. The highest BCUT2D eigenvalue weighted by Gasteiger charge is 2.31. The Bertz CT molecular complexity index is 755. The van der Waals surface area contributed by atoms with Crippen LogP contribution in [0.1, 0.15) is 22.3 Å². The van der Waals surface area contributed by atoms with Crippen molar-refractivity contribution in [2.24, 2.45) is 0 Å². The molecule has 1 N–H and O–H groups in total. The number of hydrogen-bond donors (Lipinski definition) is 1. The summed E-state index contributed by atoms with van der Waals surface area (Å²) < 4.78 is 5.78. The van der Waals surface area contributed by atoms with Crippen molar-refractivity contribution in [1.82, 2.24) is 5.32 Å². The van der Waals surface area contributed by atoms with Crippen LogP contribution >= 0.6 is 0 Å². The molecule has 1 unspecified atom stereocenters. The Labute approximate surface area is 141 Å². The fraction of sp³-hybridized carbons (Fsp3) is 0.263. The SMILES string of the molecule is Cc1ccc(C(=O)NCCC2Oc3ccccc3N(C)C2=O)cc1. The zero-order valence-electron chi connectivity index (χ0n) is 13.8. The molecule has 2 aromatic rings. The van der Waals surface area contributed by atoms with Gasteiger partial charge in [0, 0.05) is 25.6 Å². The van der Waals surface area contributed by atoms with E-state index in [9.17, 15) is 9.59 Å². The lowest BCUT2D eigenvalue weighted by molar-refractivity contribution is -0.126. The predicted molar refractivity (Wildman–Crippen MR) is 92.4 cm³/mol. The first-order valence-corrected chi connectivity index (χ1v) is 7.94. The number of likely N-dealkylation sites (N-methyl/N-ethyl adjacent to an activating group) is 1. The molecule has 5 nitrogen and oxygen atoms in total. The van der Waals surface area contributed by atoms with Crippen molar-refractivity contribution >= 4 is 17.5 Å². The van der Waals surface area contributed by atoms with Gasteiger partial charge in [0.2, 0.25) is 0 Å². The summed E-state index contributed by atoms with van der Waals surface area (Å²) >= 11 is 0. The van der Waals surface area contributed by atoms with Gasteiger partial charge in [-0.25, -0.2) is 0 Å². The van der Waals surface area contributed by atoms with Gasteiger partial charge in [0.25, 0.3) is 11.8 Å². The molecular formula is C19H20N2O3. The second-order valence-electron chi connectivity index (χ2n) is 5.88. The number of fused-ring (bicyclic) bond motifs is 1. The Morgan fingerprint density at radius 1 is 1.17 bits per heavy atom. The molecule has 3 rings (SSSR count). The first kappa shape index (κ1) is 16.1. The average molecular weight is 324 g/mol.